The molecule has 0 aromatic rings. The number of hydrogen-bond acceptors (Lipinski definition) is 15. The van der Waals surface area contributed by atoms with Crippen molar-refractivity contribution in [3.63, 3.8) is 0 Å². The number of esters is 4. The van der Waals surface area contributed by atoms with E-state index in [4.69, 9.17) is 37.0 Å². The van der Waals surface area contributed by atoms with Crippen molar-refractivity contribution in [2.45, 2.75) is 420 Å². The van der Waals surface area contributed by atoms with Gasteiger partial charge in [0.25, 0.3) is 0 Å². The third-order valence-electron chi connectivity index (χ3n) is 19.4. The van der Waals surface area contributed by atoms with Crippen LogP contribution in [0.4, 0.5) is 0 Å². The highest BCUT2D eigenvalue weighted by Crippen LogP contribution is 2.45. The molecule has 0 amide bonds. The van der Waals surface area contributed by atoms with Gasteiger partial charge in [0.15, 0.2) is 12.2 Å². The Hall–Kier alpha value is -1.94. The lowest BCUT2D eigenvalue weighted by atomic mass is 9.99. The Morgan fingerprint density at radius 2 is 0.490 bits per heavy atom. The fourth-order valence-electron chi connectivity index (χ4n) is 12.0. The fraction of sp³-hybridized carbons (Fsp3) is 0.949. The number of aliphatic hydroxyl groups is 1. The molecule has 3 N–H and O–H groups in total. The van der Waals surface area contributed by atoms with Gasteiger partial charge in [-0.05, 0) is 49.4 Å². The maximum absolute atomic E-state index is 13.1. The van der Waals surface area contributed by atoms with Gasteiger partial charge in [-0.3, -0.25) is 37.3 Å². The lowest BCUT2D eigenvalue weighted by molar-refractivity contribution is -0.161. The first-order valence-corrected chi connectivity index (χ1v) is 43.8. The number of aliphatic hydroxyl groups excluding tert-OH is 1. The summed E-state index contributed by atoms with van der Waals surface area (Å²) in [7, 11) is -9.92. The van der Waals surface area contributed by atoms with Gasteiger partial charge in [0.1, 0.15) is 19.3 Å². The summed E-state index contributed by atoms with van der Waals surface area (Å²) < 4.78 is 68.6. The minimum absolute atomic E-state index is 0.106. The lowest BCUT2D eigenvalue weighted by Gasteiger charge is -2.21. The SMILES string of the molecule is CCC(C)CCCCCCCCCCCCCCCCC(=O)O[C@H](COC(=O)CCCCCCCCCCC(C)CC)COP(=O)(O)OCC(O)COP(=O)(O)OC[C@@H](COC(=O)CCCCCCCCCC(C)C)OC(=O)CCCCCCCCCCCCCCCCC(C)CC. The van der Waals surface area contributed by atoms with Crippen LogP contribution >= 0.6 is 15.6 Å². The van der Waals surface area contributed by atoms with Crippen molar-refractivity contribution < 1.29 is 80.2 Å². The highest BCUT2D eigenvalue weighted by molar-refractivity contribution is 7.47. The average molecular weight is 1440 g/mol. The van der Waals surface area contributed by atoms with Gasteiger partial charge in [0.05, 0.1) is 26.4 Å². The molecule has 0 saturated carbocycles. The predicted molar refractivity (Wildman–Crippen MR) is 400 cm³/mol. The van der Waals surface area contributed by atoms with Crippen molar-refractivity contribution in [3.8, 4) is 0 Å². The smallest absolute Gasteiger partial charge is 0.462 e. The molecule has 0 spiro atoms. The Balaban J connectivity index is 5.23. The summed E-state index contributed by atoms with van der Waals surface area (Å²) in [5.41, 5.74) is 0. The topological polar surface area (TPSA) is 237 Å². The Labute approximate surface area is 600 Å². The maximum atomic E-state index is 13.1. The number of rotatable bonds is 76. The van der Waals surface area contributed by atoms with Crippen LogP contribution in [0.5, 0.6) is 0 Å². The lowest BCUT2D eigenvalue weighted by Crippen LogP contribution is -2.30. The molecule has 0 rings (SSSR count). The van der Waals surface area contributed by atoms with E-state index in [2.05, 4.69) is 55.4 Å². The van der Waals surface area contributed by atoms with E-state index >= 15 is 0 Å². The highest BCUT2D eigenvalue weighted by Gasteiger charge is 2.30. The molecule has 0 fully saturated rings. The van der Waals surface area contributed by atoms with Crippen LogP contribution in [0.2, 0.25) is 0 Å². The van der Waals surface area contributed by atoms with Crippen LogP contribution < -0.4 is 0 Å². The first-order valence-electron chi connectivity index (χ1n) is 40.8. The number of phosphoric acid groups is 2. The van der Waals surface area contributed by atoms with Crippen molar-refractivity contribution in [1.29, 1.82) is 0 Å². The largest absolute Gasteiger partial charge is 0.472 e. The molecular formula is C79H154O17P2. The molecule has 98 heavy (non-hydrogen) atoms. The molecule has 17 nitrogen and oxygen atoms in total. The molecule has 0 aliphatic heterocycles. The third-order valence-corrected chi connectivity index (χ3v) is 21.3. The summed E-state index contributed by atoms with van der Waals surface area (Å²) in [6.07, 6.45) is 54.0. The van der Waals surface area contributed by atoms with Crippen molar-refractivity contribution >= 4 is 39.5 Å². The van der Waals surface area contributed by atoms with Crippen LogP contribution in [0.3, 0.4) is 0 Å². The average Bonchev–Trinajstić information content (AvgIpc) is 0.976. The van der Waals surface area contributed by atoms with Crippen LogP contribution in [0.15, 0.2) is 0 Å². The van der Waals surface area contributed by atoms with Gasteiger partial charge in [-0.1, -0.05) is 351 Å². The van der Waals surface area contributed by atoms with E-state index in [0.717, 1.165) is 114 Å². The summed E-state index contributed by atoms with van der Waals surface area (Å²) in [6.45, 7) is 14.3. The number of carbonyl (C=O) groups is 4. The Morgan fingerprint density at radius 3 is 0.724 bits per heavy atom. The monoisotopic (exact) mass is 1440 g/mol. The van der Waals surface area contributed by atoms with Gasteiger partial charge in [0, 0.05) is 25.7 Å². The van der Waals surface area contributed by atoms with Crippen molar-refractivity contribution in [3.05, 3.63) is 0 Å². The van der Waals surface area contributed by atoms with E-state index < -0.39 is 97.5 Å². The Bertz CT molecular complexity index is 1930. The molecule has 0 aromatic carbocycles. The second kappa shape index (κ2) is 68.2. The van der Waals surface area contributed by atoms with Gasteiger partial charge >= 0.3 is 39.5 Å². The van der Waals surface area contributed by atoms with E-state index in [-0.39, 0.29) is 25.7 Å². The predicted octanol–water partition coefficient (Wildman–Crippen LogP) is 23.2. The minimum atomic E-state index is -4.96. The van der Waals surface area contributed by atoms with Gasteiger partial charge in [-0.2, -0.15) is 0 Å². The van der Waals surface area contributed by atoms with Crippen molar-refractivity contribution in [2.75, 3.05) is 39.6 Å². The number of ether oxygens (including phenoxy) is 4. The molecule has 582 valence electrons. The van der Waals surface area contributed by atoms with Crippen molar-refractivity contribution in [2.24, 2.45) is 23.7 Å². The van der Waals surface area contributed by atoms with Crippen LogP contribution in [0.1, 0.15) is 402 Å². The third kappa shape index (κ3) is 68.5. The van der Waals surface area contributed by atoms with E-state index in [1.165, 1.54) is 199 Å². The quantitative estimate of drug-likeness (QED) is 0.0222. The fourth-order valence-corrected chi connectivity index (χ4v) is 13.6. The summed E-state index contributed by atoms with van der Waals surface area (Å²) in [6, 6.07) is 0. The number of phosphoric ester groups is 2. The van der Waals surface area contributed by atoms with Crippen LogP contribution in [-0.4, -0.2) is 96.7 Å². The zero-order valence-electron chi connectivity index (χ0n) is 64.4. The highest BCUT2D eigenvalue weighted by atomic mass is 31.2. The molecule has 0 aromatic heterocycles. The summed E-state index contributed by atoms with van der Waals surface area (Å²) >= 11 is 0. The van der Waals surface area contributed by atoms with Gasteiger partial charge < -0.3 is 33.8 Å². The molecule has 8 atom stereocenters. The molecule has 0 heterocycles. The summed E-state index contributed by atoms with van der Waals surface area (Å²) in [5.74, 6) is 1.06. The van der Waals surface area contributed by atoms with Gasteiger partial charge in [-0.15, -0.1) is 0 Å². The molecule has 0 radical (unpaired) electrons. The number of unbranched alkanes of at least 4 members (excludes halogenated alkanes) is 39. The second-order valence-electron chi connectivity index (χ2n) is 29.7. The normalized spacial score (nSPS) is 14.9. The molecular weight excluding hydrogens is 1280 g/mol. The molecule has 6 unspecified atom stereocenters. The van der Waals surface area contributed by atoms with E-state index in [1.807, 2.05) is 0 Å². The molecule has 0 aliphatic rings. The Morgan fingerprint density at radius 1 is 0.286 bits per heavy atom. The molecule has 0 saturated heterocycles. The summed E-state index contributed by atoms with van der Waals surface area (Å²) in [4.78, 5) is 72.9. The number of carbonyl (C=O) groups excluding carboxylic acids is 4. The zero-order chi connectivity index (χ0) is 72.4. The van der Waals surface area contributed by atoms with Crippen LogP contribution in [0.25, 0.3) is 0 Å². The van der Waals surface area contributed by atoms with E-state index in [0.29, 0.717) is 31.6 Å². The van der Waals surface area contributed by atoms with Crippen LogP contribution in [-0.2, 0) is 65.4 Å². The maximum Gasteiger partial charge on any atom is 0.472 e. The first kappa shape index (κ1) is 96.1. The summed E-state index contributed by atoms with van der Waals surface area (Å²) in [5, 5.41) is 10.6. The van der Waals surface area contributed by atoms with Crippen LogP contribution in [0, 0.1) is 23.7 Å². The zero-order valence-corrected chi connectivity index (χ0v) is 66.2. The van der Waals surface area contributed by atoms with E-state index in [9.17, 15) is 43.2 Å². The van der Waals surface area contributed by atoms with Gasteiger partial charge in [-0.25, -0.2) is 9.13 Å². The molecule has 0 bridgehead atoms. The van der Waals surface area contributed by atoms with Crippen molar-refractivity contribution in [1.82, 2.24) is 0 Å². The Kier molecular flexibility index (Phi) is 66.8. The standard InChI is InChI=1S/C79H154O17P2/c1-9-70(6)56-48-40-32-24-20-16-12-14-18-22-26-36-45-53-61-78(83)95-74(65-89-76(81)59-51-43-35-29-28-34-42-50-58-72(8)11-3)67-93-97(85,86)91-63-73(80)64-92-98(87,88)94-68-75(66-90-77(82)60-52-44-38-30-31-39-47-55-69(4)5)96-79(84)62-54-46-37-27-23-19-15-13-17-21-25-33-41-49-57-71(7)10-2/h69-75,80H,9-68H2,1-8H3,(H,85,86)(H,87,88)/t70?,71?,72?,73?,74-,75-/m1/s1. The molecule has 0 aliphatic carbocycles. The second-order valence-corrected chi connectivity index (χ2v) is 32.6. The van der Waals surface area contributed by atoms with E-state index in [1.54, 1.807) is 0 Å². The molecule has 19 heteroatoms. The minimum Gasteiger partial charge on any atom is -0.462 e. The van der Waals surface area contributed by atoms with Gasteiger partial charge in [0.2, 0.25) is 0 Å². The number of hydrogen-bond donors (Lipinski definition) is 3. The first-order chi connectivity index (χ1) is 47.2.